The van der Waals surface area contributed by atoms with Crippen LogP contribution in [0.1, 0.15) is 113 Å². The van der Waals surface area contributed by atoms with Crippen molar-refractivity contribution in [3.8, 4) is 17.2 Å². The number of aryl methyl sites for hydroxylation is 2. The molecule has 0 aliphatic carbocycles. The molecule has 66 heavy (non-hydrogen) atoms. The molecule has 11 nitrogen and oxygen atoms in total. The van der Waals surface area contributed by atoms with Crippen LogP contribution in [0.2, 0.25) is 0 Å². The van der Waals surface area contributed by atoms with Crippen LogP contribution in [0.3, 0.4) is 0 Å². The molecule has 3 amide bonds. The van der Waals surface area contributed by atoms with E-state index in [2.05, 4.69) is 32.2 Å². The summed E-state index contributed by atoms with van der Waals surface area (Å²) >= 11 is 0. The highest BCUT2D eigenvalue weighted by atomic mass is 16.5. The molecule has 0 radical (unpaired) electrons. The molecular formula is C55H59N3O8. The number of ether oxygens (including phenoxy) is 3. The summed E-state index contributed by atoms with van der Waals surface area (Å²) in [5.41, 5.74) is 9.65. The van der Waals surface area contributed by atoms with E-state index in [1.807, 2.05) is 90.7 Å². The van der Waals surface area contributed by atoms with Gasteiger partial charge in [-0.25, -0.2) is 0 Å². The predicted octanol–water partition coefficient (Wildman–Crippen LogP) is 9.53. The minimum Gasteiger partial charge on any atom is -0.493 e. The van der Waals surface area contributed by atoms with Gasteiger partial charge in [0.2, 0.25) is 5.91 Å². The zero-order valence-electron chi connectivity index (χ0n) is 38.7. The Bertz CT molecular complexity index is 2740. The van der Waals surface area contributed by atoms with Crippen molar-refractivity contribution < 1.29 is 38.5 Å². The van der Waals surface area contributed by atoms with Crippen molar-refractivity contribution in [3.63, 3.8) is 0 Å². The predicted molar refractivity (Wildman–Crippen MR) is 255 cm³/mol. The van der Waals surface area contributed by atoms with E-state index in [1.165, 1.54) is 5.56 Å². The van der Waals surface area contributed by atoms with E-state index in [0.29, 0.717) is 59.7 Å². The lowest BCUT2D eigenvalue weighted by molar-refractivity contribution is -0.126. The zero-order valence-corrected chi connectivity index (χ0v) is 38.7. The molecule has 0 fully saturated rings. The van der Waals surface area contributed by atoms with Gasteiger partial charge in [-0.05, 0) is 138 Å². The number of methoxy groups -OCH3 is 1. The maximum atomic E-state index is 14.1. The average molecular weight is 890 g/mol. The fourth-order valence-corrected chi connectivity index (χ4v) is 10.1. The first-order valence-electron chi connectivity index (χ1n) is 23.2. The van der Waals surface area contributed by atoms with Gasteiger partial charge in [0.25, 0.3) is 11.8 Å². The molecule has 0 aromatic heterocycles. The van der Waals surface area contributed by atoms with E-state index in [1.54, 1.807) is 25.0 Å². The maximum Gasteiger partial charge on any atom is 0.258 e. The number of Topliss-reactive ketones (excluding diaryl/α,β-unsaturated/α-hetero) is 1. The topological polar surface area (TPSA) is 135 Å². The smallest absolute Gasteiger partial charge is 0.258 e. The number of fused-ring (bicyclic) bond motifs is 8. The molecule has 0 saturated carbocycles. The fraction of sp³-hybridized carbons (Fsp3) is 0.382. The van der Waals surface area contributed by atoms with Crippen molar-refractivity contribution in [2.24, 2.45) is 11.3 Å². The second kappa shape index (κ2) is 18.1. The number of aliphatic hydroxyl groups is 1. The molecule has 0 spiro atoms. The van der Waals surface area contributed by atoms with Gasteiger partial charge in [0.15, 0.2) is 11.5 Å². The summed E-state index contributed by atoms with van der Waals surface area (Å²) < 4.78 is 18.8. The van der Waals surface area contributed by atoms with E-state index in [0.717, 1.165) is 64.0 Å². The first-order valence-corrected chi connectivity index (χ1v) is 23.2. The molecule has 2 N–H and O–H groups in total. The highest BCUT2D eigenvalue weighted by Crippen LogP contribution is 2.42. The van der Waals surface area contributed by atoms with E-state index in [4.69, 9.17) is 14.2 Å². The number of para-hydroxylation sites is 2. The molecule has 342 valence electrons. The molecule has 5 aromatic carbocycles. The van der Waals surface area contributed by atoms with Crippen molar-refractivity contribution in [1.29, 1.82) is 0 Å². The Hall–Kier alpha value is -6.46. The van der Waals surface area contributed by atoms with Crippen LogP contribution >= 0.6 is 0 Å². The largest absolute Gasteiger partial charge is 0.493 e. The first-order chi connectivity index (χ1) is 31.6. The first kappa shape index (κ1) is 44.7. The Morgan fingerprint density at radius 1 is 0.758 bits per heavy atom. The highest BCUT2D eigenvalue weighted by molar-refractivity contribution is 6.10. The normalized spacial score (nSPS) is 18.7. The number of amides is 3. The van der Waals surface area contributed by atoms with Crippen LogP contribution in [0.4, 0.5) is 17.1 Å². The third-order valence-electron chi connectivity index (χ3n) is 13.6. The summed E-state index contributed by atoms with van der Waals surface area (Å²) in [6.07, 6.45) is 3.81. The van der Waals surface area contributed by atoms with Crippen LogP contribution in [0, 0.1) is 18.3 Å². The standard InChI is InChI=1S/C55H59N3O8/c1-32-20-43-39(26-48(60)47-25-38-12-8-10-14-46(38)58(47)54(43)63)28-49(32)65-30-34-21-35(23-40(22-34)56-52(61)33(2)19-42(59)17-18-55(3,4)5)31-66-51-27-36-15-16-41-24-37-11-7-9-13-45(37)57(41)53(62)44(36)29-50(51)64-6/h7-14,20-23,27-29,33,41,47-48,60H,15-19,24-26,30-31H2,1-6H3,(H,56,61)/t33-,41-,47+,48?/m1/s1. The lowest BCUT2D eigenvalue weighted by atomic mass is 9.88. The van der Waals surface area contributed by atoms with E-state index in [9.17, 15) is 24.3 Å². The van der Waals surface area contributed by atoms with Gasteiger partial charge in [-0.15, -0.1) is 0 Å². The monoisotopic (exact) mass is 889 g/mol. The van der Waals surface area contributed by atoms with Crippen molar-refractivity contribution in [2.75, 3.05) is 22.2 Å². The molecule has 1 unspecified atom stereocenters. The van der Waals surface area contributed by atoms with Crippen LogP contribution in [0.5, 0.6) is 17.2 Å². The molecular weight excluding hydrogens is 831 g/mol. The van der Waals surface area contributed by atoms with E-state index in [-0.39, 0.29) is 60.6 Å². The van der Waals surface area contributed by atoms with Gasteiger partial charge in [-0.3, -0.25) is 19.2 Å². The second-order valence-corrected chi connectivity index (χ2v) is 19.8. The molecule has 0 saturated heterocycles. The fourth-order valence-electron chi connectivity index (χ4n) is 10.1. The molecule has 9 rings (SSSR count). The number of carbonyl (C=O) groups excluding carboxylic acids is 4. The average Bonchev–Trinajstić information content (AvgIpc) is 3.81. The Morgan fingerprint density at radius 2 is 1.38 bits per heavy atom. The van der Waals surface area contributed by atoms with Gasteiger partial charge in [0.1, 0.15) is 24.7 Å². The summed E-state index contributed by atoms with van der Waals surface area (Å²) in [6, 6.07) is 28.7. The highest BCUT2D eigenvalue weighted by Gasteiger charge is 2.42. The molecule has 4 aliphatic rings. The molecule has 4 aliphatic heterocycles. The number of hydrogen-bond acceptors (Lipinski definition) is 8. The minimum absolute atomic E-state index is 0.0198. The third kappa shape index (κ3) is 9.05. The van der Waals surface area contributed by atoms with Gasteiger partial charge in [-0.2, -0.15) is 0 Å². The van der Waals surface area contributed by atoms with Crippen LogP contribution in [0.15, 0.2) is 91.0 Å². The zero-order chi connectivity index (χ0) is 46.4. The second-order valence-electron chi connectivity index (χ2n) is 19.8. The van der Waals surface area contributed by atoms with Crippen LogP contribution in [-0.2, 0) is 48.5 Å². The summed E-state index contributed by atoms with van der Waals surface area (Å²) in [5, 5.41) is 14.5. The van der Waals surface area contributed by atoms with Gasteiger partial charge < -0.3 is 34.4 Å². The van der Waals surface area contributed by atoms with Gasteiger partial charge >= 0.3 is 0 Å². The molecule has 0 bridgehead atoms. The number of hydrogen-bond donors (Lipinski definition) is 2. The van der Waals surface area contributed by atoms with Crippen molar-refractivity contribution >= 4 is 40.6 Å². The molecule has 4 heterocycles. The summed E-state index contributed by atoms with van der Waals surface area (Å²) in [6.45, 7) is 10.2. The maximum absolute atomic E-state index is 14.1. The Morgan fingerprint density at radius 3 is 2.08 bits per heavy atom. The Labute approximate surface area is 387 Å². The molecule has 11 heteroatoms. The summed E-state index contributed by atoms with van der Waals surface area (Å²) in [4.78, 5) is 58.4. The van der Waals surface area contributed by atoms with Crippen LogP contribution in [0.25, 0.3) is 0 Å². The molecule has 4 atom stereocenters. The number of nitrogens with one attached hydrogen (secondary N) is 1. The number of rotatable bonds is 13. The number of ketones is 1. The SMILES string of the molecule is COc1cc2c(cc1OCc1cc(COc3cc4c(cc3C)C(=O)N3c5ccccc5C[C@H]3C(O)C4)cc(NC(=O)[C@H](C)CC(=O)CCC(C)(C)C)c1)CC[C@@H]1Cc3ccccc3N1C2=O. The summed E-state index contributed by atoms with van der Waals surface area (Å²) in [7, 11) is 1.56. The van der Waals surface area contributed by atoms with E-state index >= 15 is 0 Å². The van der Waals surface area contributed by atoms with Gasteiger partial charge in [-0.1, -0.05) is 64.1 Å². The van der Waals surface area contributed by atoms with Crippen molar-refractivity contribution in [3.05, 3.63) is 141 Å². The lowest BCUT2D eigenvalue weighted by Crippen LogP contribution is -2.43. The van der Waals surface area contributed by atoms with Gasteiger partial charge in [0.05, 0.1) is 19.3 Å². The number of anilines is 3. The van der Waals surface area contributed by atoms with Crippen molar-refractivity contribution in [1.82, 2.24) is 0 Å². The number of benzene rings is 5. The molecule has 5 aromatic rings. The number of nitrogens with zero attached hydrogens (tertiary/aromatic N) is 2. The van der Waals surface area contributed by atoms with Crippen LogP contribution < -0.4 is 29.3 Å². The third-order valence-corrected chi connectivity index (χ3v) is 13.6. The van der Waals surface area contributed by atoms with Gasteiger partial charge in [0, 0.05) is 59.4 Å². The number of carbonyl (C=O) groups is 4. The number of aliphatic hydroxyl groups excluding tert-OH is 1. The summed E-state index contributed by atoms with van der Waals surface area (Å²) in [5.74, 6) is 0.600. The van der Waals surface area contributed by atoms with Crippen LogP contribution in [-0.4, -0.2) is 53.9 Å². The Kier molecular flexibility index (Phi) is 12.3. The Balaban J connectivity index is 0.961. The van der Waals surface area contributed by atoms with Crippen molar-refractivity contribution in [2.45, 2.75) is 117 Å². The quantitative estimate of drug-likeness (QED) is 0.119. The lowest BCUT2D eigenvalue weighted by Gasteiger charge is -2.26. The minimum atomic E-state index is -0.759. The van der Waals surface area contributed by atoms with E-state index < -0.39 is 12.0 Å².